The van der Waals surface area contributed by atoms with Crippen molar-refractivity contribution in [2.75, 3.05) is 10.6 Å². The fourth-order valence-corrected chi connectivity index (χ4v) is 4.55. The van der Waals surface area contributed by atoms with Gasteiger partial charge in [-0.05, 0) is 43.0 Å². The number of carbonyl (C=O) groups is 2. The average molecular weight is 433 g/mol. The summed E-state index contributed by atoms with van der Waals surface area (Å²) in [5.41, 5.74) is 4.47. The molecule has 0 unspecified atom stereocenters. The Morgan fingerprint density at radius 3 is 2.74 bits per heavy atom. The van der Waals surface area contributed by atoms with Crippen molar-refractivity contribution in [1.29, 1.82) is 0 Å². The second kappa shape index (κ2) is 7.71. The monoisotopic (exact) mass is 432 g/mol. The van der Waals surface area contributed by atoms with E-state index in [1.54, 1.807) is 16.9 Å². The third-order valence-corrected chi connectivity index (χ3v) is 6.22. The van der Waals surface area contributed by atoms with Gasteiger partial charge in [-0.2, -0.15) is 5.10 Å². The molecule has 0 fully saturated rings. The molecule has 1 atom stereocenters. The van der Waals surface area contributed by atoms with Crippen LogP contribution in [-0.2, 0) is 4.79 Å². The van der Waals surface area contributed by atoms with Crippen molar-refractivity contribution in [3.8, 4) is 0 Å². The molecule has 0 radical (unpaired) electrons. The van der Waals surface area contributed by atoms with Crippen LogP contribution < -0.4 is 10.6 Å². The van der Waals surface area contributed by atoms with Crippen molar-refractivity contribution in [3.05, 3.63) is 87.7 Å². The number of fused-ring (bicyclic) bond motifs is 1. The summed E-state index contributed by atoms with van der Waals surface area (Å²) in [6, 6.07) is 14.6. The van der Waals surface area contributed by atoms with Crippen LogP contribution in [0.15, 0.2) is 66.0 Å². The molecule has 6 nitrogen and oxygen atoms in total. The molecule has 5 rings (SSSR count). The summed E-state index contributed by atoms with van der Waals surface area (Å²) in [5, 5.41) is 11.4. The van der Waals surface area contributed by atoms with Gasteiger partial charge in [-0.3, -0.25) is 9.59 Å². The number of hydrogen-bond acceptors (Lipinski definition) is 4. The minimum absolute atomic E-state index is 0.0886. The van der Waals surface area contributed by atoms with Crippen LogP contribution in [0.4, 0.5) is 11.5 Å². The lowest BCUT2D eigenvalue weighted by atomic mass is 9.85. The van der Waals surface area contributed by atoms with Gasteiger partial charge < -0.3 is 10.6 Å². The topological polar surface area (TPSA) is 76.0 Å². The van der Waals surface area contributed by atoms with Crippen LogP contribution in [0.3, 0.4) is 0 Å². The number of amides is 1. The van der Waals surface area contributed by atoms with E-state index < -0.39 is 6.04 Å². The van der Waals surface area contributed by atoms with Gasteiger partial charge in [-0.1, -0.05) is 48.0 Å². The highest BCUT2D eigenvalue weighted by Gasteiger charge is 2.38. The summed E-state index contributed by atoms with van der Waals surface area (Å²) < 4.78 is 1.70. The minimum Gasteiger partial charge on any atom is -0.343 e. The summed E-state index contributed by atoms with van der Waals surface area (Å²) in [7, 11) is 0. The molecule has 1 aliphatic carbocycles. The summed E-state index contributed by atoms with van der Waals surface area (Å²) in [4.78, 5) is 26.0. The molecule has 2 aromatic carbocycles. The van der Waals surface area contributed by atoms with Crippen molar-refractivity contribution >= 4 is 34.8 Å². The van der Waals surface area contributed by atoms with Crippen molar-refractivity contribution in [2.24, 2.45) is 0 Å². The van der Waals surface area contributed by atoms with E-state index in [9.17, 15) is 9.59 Å². The maximum absolute atomic E-state index is 13.1. The number of carbonyl (C=O) groups excluding carboxylic acids is 2. The van der Waals surface area contributed by atoms with Gasteiger partial charge in [0.15, 0.2) is 5.78 Å². The molecule has 2 N–H and O–H groups in total. The highest BCUT2D eigenvalue weighted by Crippen LogP contribution is 2.43. The summed E-state index contributed by atoms with van der Waals surface area (Å²) in [6.07, 6.45) is 3.56. The first-order chi connectivity index (χ1) is 15.0. The van der Waals surface area contributed by atoms with Crippen molar-refractivity contribution in [2.45, 2.75) is 32.2 Å². The Bertz CT molecular complexity index is 1240. The zero-order valence-electron chi connectivity index (χ0n) is 17.0. The Balaban J connectivity index is 1.60. The summed E-state index contributed by atoms with van der Waals surface area (Å²) >= 11 is 6.52. The van der Waals surface area contributed by atoms with Crippen LogP contribution in [0.1, 0.15) is 46.8 Å². The van der Waals surface area contributed by atoms with Crippen LogP contribution in [0.5, 0.6) is 0 Å². The zero-order chi connectivity index (χ0) is 21.5. The van der Waals surface area contributed by atoms with Crippen molar-refractivity contribution < 1.29 is 9.59 Å². The highest BCUT2D eigenvalue weighted by atomic mass is 35.5. The maximum Gasteiger partial charge on any atom is 0.261 e. The molecule has 1 aliphatic heterocycles. The molecule has 1 aromatic heterocycles. The number of hydrogen-bond donors (Lipinski definition) is 2. The van der Waals surface area contributed by atoms with Crippen LogP contribution in [0.25, 0.3) is 0 Å². The minimum atomic E-state index is -0.465. The van der Waals surface area contributed by atoms with E-state index in [2.05, 4.69) is 15.7 Å². The maximum atomic E-state index is 13.1. The standard InChI is InChI=1S/C24H21ClN4O2/c1-14-7-2-5-10-18(14)28-24(31)16-13-26-29-22(15-8-3-4-9-17(15)25)21-19(27-23(16)29)11-6-12-20(21)30/h2-5,7-10,13,22,27H,6,11-12H2,1H3,(H,28,31)/t22-/m1/s1. The SMILES string of the molecule is Cc1ccccc1NC(=O)c1cnn2c1NC1=C(C(=O)CCC1)[C@H]2c1ccccc1Cl. The van der Waals surface area contributed by atoms with Gasteiger partial charge >= 0.3 is 0 Å². The van der Waals surface area contributed by atoms with E-state index in [4.69, 9.17) is 11.6 Å². The Hall–Kier alpha value is -3.38. The van der Waals surface area contributed by atoms with Gasteiger partial charge in [0.1, 0.15) is 17.4 Å². The molecular weight excluding hydrogens is 412 g/mol. The Morgan fingerprint density at radius 2 is 1.94 bits per heavy atom. The van der Waals surface area contributed by atoms with Gasteiger partial charge in [0.2, 0.25) is 0 Å². The first kappa shape index (κ1) is 19.6. The number of Topliss-reactive ketones (excluding diaryl/α,β-unsaturated/α-hetero) is 1. The van der Waals surface area contributed by atoms with E-state index in [1.807, 2.05) is 49.4 Å². The number of nitrogens with zero attached hydrogens (tertiary/aromatic N) is 2. The molecule has 7 heteroatoms. The van der Waals surface area contributed by atoms with Gasteiger partial charge in [0.05, 0.1) is 6.20 Å². The smallest absolute Gasteiger partial charge is 0.261 e. The fourth-order valence-electron chi connectivity index (χ4n) is 4.31. The Kier molecular flexibility index (Phi) is 4.87. The third-order valence-electron chi connectivity index (χ3n) is 5.88. The van der Waals surface area contributed by atoms with E-state index in [1.165, 1.54) is 0 Å². The number of nitrogens with one attached hydrogen (secondary N) is 2. The molecule has 1 amide bonds. The average Bonchev–Trinajstić information content (AvgIpc) is 3.18. The predicted molar refractivity (Wildman–Crippen MR) is 120 cm³/mol. The van der Waals surface area contributed by atoms with E-state index in [-0.39, 0.29) is 11.7 Å². The fraction of sp³-hybridized carbons (Fsp3) is 0.208. The third kappa shape index (κ3) is 3.33. The van der Waals surface area contributed by atoms with Gasteiger partial charge in [0.25, 0.3) is 5.91 Å². The molecule has 3 aromatic rings. The van der Waals surface area contributed by atoms with Crippen molar-refractivity contribution in [1.82, 2.24) is 9.78 Å². The molecule has 2 aliphatic rings. The lowest BCUT2D eigenvalue weighted by Crippen LogP contribution is -2.32. The first-order valence-corrected chi connectivity index (χ1v) is 10.6. The molecule has 0 saturated heterocycles. The molecule has 0 saturated carbocycles. The van der Waals surface area contributed by atoms with Gasteiger partial charge in [0, 0.05) is 28.4 Å². The number of benzene rings is 2. The number of aryl methyl sites for hydroxylation is 1. The highest BCUT2D eigenvalue weighted by molar-refractivity contribution is 6.31. The molecule has 0 bridgehead atoms. The molecular formula is C24H21ClN4O2. The first-order valence-electron chi connectivity index (χ1n) is 10.3. The number of aromatic nitrogens is 2. The molecule has 31 heavy (non-hydrogen) atoms. The second-order valence-electron chi connectivity index (χ2n) is 7.84. The number of rotatable bonds is 3. The predicted octanol–water partition coefficient (Wildman–Crippen LogP) is 5.12. The number of anilines is 2. The number of para-hydroxylation sites is 1. The van der Waals surface area contributed by atoms with E-state index in [0.29, 0.717) is 28.4 Å². The normalized spacial score (nSPS) is 17.6. The molecule has 0 spiro atoms. The lowest BCUT2D eigenvalue weighted by molar-refractivity contribution is -0.116. The number of ketones is 1. The molecule has 156 valence electrons. The van der Waals surface area contributed by atoms with Gasteiger partial charge in [-0.15, -0.1) is 0 Å². The lowest BCUT2D eigenvalue weighted by Gasteiger charge is -2.33. The van der Waals surface area contributed by atoms with Crippen molar-refractivity contribution in [3.63, 3.8) is 0 Å². The zero-order valence-corrected chi connectivity index (χ0v) is 17.7. The largest absolute Gasteiger partial charge is 0.343 e. The summed E-state index contributed by atoms with van der Waals surface area (Å²) in [5.74, 6) is 0.405. The number of allylic oxidation sites excluding steroid dienone is 2. The summed E-state index contributed by atoms with van der Waals surface area (Å²) in [6.45, 7) is 1.94. The Labute approximate surface area is 184 Å². The molecule has 2 heterocycles. The number of halogens is 1. The van der Waals surface area contributed by atoms with Crippen LogP contribution in [-0.4, -0.2) is 21.5 Å². The van der Waals surface area contributed by atoms with E-state index >= 15 is 0 Å². The Morgan fingerprint density at radius 1 is 1.16 bits per heavy atom. The van der Waals surface area contributed by atoms with Crippen LogP contribution in [0, 0.1) is 6.92 Å². The second-order valence-corrected chi connectivity index (χ2v) is 8.25. The van der Waals surface area contributed by atoms with E-state index in [0.717, 1.165) is 35.4 Å². The van der Waals surface area contributed by atoms with Crippen LogP contribution >= 0.6 is 11.6 Å². The van der Waals surface area contributed by atoms with Crippen LogP contribution in [0.2, 0.25) is 5.02 Å². The van der Waals surface area contributed by atoms with Gasteiger partial charge in [-0.25, -0.2) is 4.68 Å². The quantitative estimate of drug-likeness (QED) is 0.602.